The molecule has 1 fully saturated rings. The lowest BCUT2D eigenvalue weighted by Gasteiger charge is -2.27. The molecule has 3 aromatic heterocycles. The first-order chi connectivity index (χ1) is 16.6. The van der Waals surface area contributed by atoms with Gasteiger partial charge in [-0.25, -0.2) is 4.98 Å². The molecule has 0 saturated heterocycles. The quantitative estimate of drug-likeness (QED) is 0.476. The normalized spacial score (nSPS) is 20.5. The topological polar surface area (TPSA) is 88.9 Å². The fraction of sp³-hybridized carbons (Fsp3) is 0.423. The molecule has 8 heteroatoms. The number of fused-ring (bicyclic) bond motifs is 1. The molecule has 0 aromatic carbocycles. The Kier molecular flexibility index (Phi) is 6.49. The van der Waals surface area contributed by atoms with Gasteiger partial charge in [-0.3, -0.25) is 15.1 Å². The van der Waals surface area contributed by atoms with E-state index in [1.165, 1.54) is 18.4 Å². The maximum atomic E-state index is 5.50. The smallest absolute Gasteiger partial charge is 0.132 e. The summed E-state index contributed by atoms with van der Waals surface area (Å²) < 4.78 is 7.57. The Balaban J connectivity index is 1.30. The Morgan fingerprint density at radius 1 is 1.12 bits per heavy atom. The molecule has 0 amide bonds. The molecular weight excluding hydrogens is 426 g/mol. The van der Waals surface area contributed by atoms with E-state index in [1.807, 2.05) is 37.8 Å². The highest BCUT2D eigenvalue weighted by Crippen LogP contribution is 2.28. The van der Waals surface area contributed by atoms with Crippen LogP contribution in [0.2, 0.25) is 0 Å². The zero-order valence-electron chi connectivity index (χ0n) is 20.1. The van der Waals surface area contributed by atoms with E-state index in [-0.39, 0.29) is 0 Å². The molecule has 2 aliphatic rings. The molecule has 1 aliphatic heterocycles. The summed E-state index contributed by atoms with van der Waals surface area (Å²) >= 11 is 0. The average molecular weight is 460 g/mol. The summed E-state index contributed by atoms with van der Waals surface area (Å²) in [4.78, 5) is 9.43. The Morgan fingerprint density at radius 3 is 2.76 bits per heavy atom. The maximum Gasteiger partial charge on any atom is 0.132 e. The summed E-state index contributed by atoms with van der Waals surface area (Å²) in [6.07, 6.45) is 15.1. The molecule has 0 radical (unpaired) electrons. The van der Waals surface area contributed by atoms with Crippen LogP contribution in [0.5, 0.6) is 0 Å². The molecule has 0 unspecified atom stereocenters. The summed E-state index contributed by atoms with van der Waals surface area (Å²) in [5.41, 5.74) is 11.2. The van der Waals surface area contributed by atoms with Gasteiger partial charge in [0.1, 0.15) is 11.6 Å². The first-order valence-electron chi connectivity index (χ1n) is 12.1. The highest BCUT2D eigenvalue weighted by molar-refractivity contribution is 5.81. The third-order valence-corrected chi connectivity index (χ3v) is 6.76. The number of pyridine rings is 2. The van der Waals surface area contributed by atoms with E-state index in [0.29, 0.717) is 17.9 Å². The molecule has 4 heterocycles. The van der Waals surface area contributed by atoms with Crippen LogP contribution in [0.25, 0.3) is 22.2 Å². The molecule has 0 atom stereocenters. The minimum atomic E-state index is 0.426. The molecule has 34 heavy (non-hydrogen) atoms. The predicted octanol–water partition coefficient (Wildman–Crippen LogP) is 4.60. The number of nitrogens with one attached hydrogen (secondary N) is 3. The van der Waals surface area contributed by atoms with Gasteiger partial charge < -0.3 is 15.5 Å². The Morgan fingerprint density at radius 2 is 1.97 bits per heavy atom. The van der Waals surface area contributed by atoms with E-state index >= 15 is 0 Å². The second-order valence-electron chi connectivity index (χ2n) is 9.54. The van der Waals surface area contributed by atoms with Gasteiger partial charge in [-0.2, -0.15) is 5.10 Å². The van der Waals surface area contributed by atoms with E-state index in [4.69, 9.17) is 9.72 Å². The standard InChI is InChI=1S/C26H33N7O/c1-17(2)19-11-26(32-28-13-19)31-25-9-8-23-24(30-25)10-20(12-27-23)21-14-29-33(16-21)15-18-4-6-22(34-3)7-5-18/h8-14,16-18,22,28,32H,4-7,15H2,1-3H3,(H,30,31)/t18-,22-. The van der Waals surface area contributed by atoms with Crippen molar-refractivity contribution >= 4 is 16.9 Å². The van der Waals surface area contributed by atoms with Crippen LogP contribution in [-0.4, -0.2) is 33.0 Å². The Hall–Kier alpha value is -3.39. The van der Waals surface area contributed by atoms with Gasteiger partial charge in [0, 0.05) is 43.4 Å². The van der Waals surface area contributed by atoms with Crippen molar-refractivity contribution in [2.24, 2.45) is 11.8 Å². The predicted molar refractivity (Wildman–Crippen MR) is 134 cm³/mol. The van der Waals surface area contributed by atoms with Crippen LogP contribution in [-0.2, 0) is 11.3 Å². The van der Waals surface area contributed by atoms with Crippen LogP contribution in [0.1, 0.15) is 39.5 Å². The van der Waals surface area contributed by atoms with Crippen LogP contribution in [0.4, 0.5) is 5.82 Å². The lowest BCUT2D eigenvalue weighted by molar-refractivity contribution is 0.0536. The summed E-state index contributed by atoms with van der Waals surface area (Å²) in [5, 5.41) is 7.98. The molecule has 3 N–H and O–H groups in total. The van der Waals surface area contributed by atoms with Crippen molar-refractivity contribution in [3.63, 3.8) is 0 Å². The van der Waals surface area contributed by atoms with Crippen LogP contribution in [0.3, 0.4) is 0 Å². The first kappa shape index (κ1) is 22.4. The van der Waals surface area contributed by atoms with Crippen molar-refractivity contribution in [2.45, 2.75) is 52.2 Å². The van der Waals surface area contributed by atoms with Crippen molar-refractivity contribution in [1.29, 1.82) is 0 Å². The zero-order chi connectivity index (χ0) is 23.5. The summed E-state index contributed by atoms with van der Waals surface area (Å²) in [7, 11) is 1.82. The maximum absolute atomic E-state index is 5.50. The molecule has 1 saturated carbocycles. The van der Waals surface area contributed by atoms with Gasteiger partial charge in [-0.1, -0.05) is 13.8 Å². The van der Waals surface area contributed by atoms with Gasteiger partial charge in [0.05, 0.1) is 23.3 Å². The molecule has 178 valence electrons. The number of rotatable bonds is 7. The van der Waals surface area contributed by atoms with Crippen LogP contribution in [0.15, 0.2) is 60.5 Å². The summed E-state index contributed by atoms with van der Waals surface area (Å²) in [6, 6.07) is 6.02. The van der Waals surface area contributed by atoms with Gasteiger partial charge in [0.15, 0.2) is 0 Å². The number of anilines is 1. The monoisotopic (exact) mass is 459 g/mol. The molecular formula is C26H33N7O. The van der Waals surface area contributed by atoms with Crippen molar-refractivity contribution in [2.75, 3.05) is 12.4 Å². The number of allylic oxidation sites excluding steroid dienone is 2. The number of hydrogen-bond acceptors (Lipinski definition) is 7. The van der Waals surface area contributed by atoms with Crippen LogP contribution >= 0.6 is 0 Å². The molecule has 5 rings (SSSR count). The number of nitrogens with zero attached hydrogens (tertiary/aromatic N) is 4. The van der Waals surface area contributed by atoms with Gasteiger partial charge >= 0.3 is 0 Å². The lowest BCUT2D eigenvalue weighted by atomic mass is 9.87. The molecule has 0 spiro atoms. The van der Waals surface area contributed by atoms with Crippen molar-refractivity contribution in [3.05, 3.63) is 60.5 Å². The SMILES string of the molecule is CO[C@H]1CC[C@H](Cn2cc(-c3cnc4ccc(NC5=CC(C(C)C)=CNN5)nc4c3)cn2)CC1. The highest BCUT2D eigenvalue weighted by Gasteiger charge is 2.21. The average Bonchev–Trinajstić information content (AvgIpc) is 3.33. The number of aromatic nitrogens is 4. The number of ether oxygens (including phenoxy) is 1. The first-order valence-corrected chi connectivity index (χ1v) is 12.1. The minimum absolute atomic E-state index is 0.426. The molecule has 1 aliphatic carbocycles. The third kappa shape index (κ3) is 5.07. The second-order valence-corrected chi connectivity index (χ2v) is 9.54. The highest BCUT2D eigenvalue weighted by atomic mass is 16.5. The van der Waals surface area contributed by atoms with E-state index in [2.05, 4.69) is 63.1 Å². The van der Waals surface area contributed by atoms with Gasteiger partial charge in [0.25, 0.3) is 0 Å². The minimum Gasteiger partial charge on any atom is -0.381 e. The summed E-state index contributed by atoms with van der Waals surface area (Å²) in [5.74, 6) is 2.72. The van der Waals surface area contributed by atoms with Gasteiger partial charge in [-0.05, 0) is 67.4 Å². The van der Waals surface area contributed by atoms with Crippen LogP contribution in [0, 0.1) is 11.8 Å². The second kappa shape index (κ2) is 9.85. The van der Waals surface area contributed by atoms with Crippen molar-refractivity contribution in [1.82, 2.24) is 30.6 Å². The molecule has 3 aromatic rings. The number of methoxy groups -OCH3 is 1. The zero-order valence-corrected chi connectivity index (χ0v) is 20.1. The molecule has 8 nitrogen and oxygen atoms in total. The number of hydrogen-bond donors (Lipinski definition) is 3. The van der Waals surface area contributed by atoms with E-state index < -0.39 is 0 Å². The Labute approximate surface area is 200 Å². The number of hydrazine groups is 1. The van der Waals surface area contributed by atoms with Gasteiger partial charge in [0.2, 0.25) is 0 Å². The summed E-state index contributed by atoms with van der Waals surface area (Å²) in [6.45, 7) is 5.29. The van der Waals surface area contributed by atoms with Crippen LogP contribution < -0.4 is 16.2 Å². The van der Waals surface area contributed by atoms with Gasteiger partial charge in [-0.15, -0.1) is 0 Å². The van der Waals surface area contributed by atoms with Crippen molar-refractivity contribution < 1.29 is 4.74 Å². The third-order valence-electron chi connectivity index (χ3n) is 6.76. The van der Waals surface area contributed by atoms with E-state index in [0.717, 1.165) is 53.2 Å². The van der Waals surface area contributed by atoms with E-state index in [1.54, 1.807) is 0 Å². The fourth-order valence-corrected chi connectivity index (χ4v) is 4.64. The Bertz CT molecular complexity index is 1200. The lowest BCUT2D eigenvalue weighted by Crippen LogP contribution is -2.33. The van der Waals surface area contributed by atoms with Crippen molar-refractivity contribution in [3.8, 4) is 11.1 Å². The largest absolute Gasteiger partial charge is 0.381 e. The van der Waals surface area contributed by atoms with E-state index in [9.17, 15) is 0 Å². The molecule has 0 bridgehead atoms. The fourth-order valence-electron chi connectivity index (χ4n) is 4.64.